The molecule has 0 heterocycles. The Hall–Kier alpha value is -1.84. The fourth-order valence-corrected chi connectivity index (χ4v) is 2.04. The minimum absolute atomic E-state index is 0.126. The number of benzene rings is 1. The molecule has 1 rings (SSSR count). The van der Waals surface area contributed by atoms with Crippen LogP contribution in [0.2, 0.25) is 0 Å². The first-order valence-electron chi connectivity index (χ1n) is 6.82. The van der Waals surface area contributed by atoms with Crippen molar-refractivity contribution in [2.45, 2.75) is 45.6 Å². The van der Waals surface area contributed by atoms with E-state index in [1.165, 1.54) is 0 Å². The zero-order valence-electron chi connectivity index (χ0n) is 12.5. The summed E-state index contributed by atoms with van der Waals surface area (Å²) < 4.78 is 0. The van der Waals surface area contributed by atoms with Gasteiger partial charge in [-0.3, -0.25) is 9.59 Å². The number of rotatable bonds is 6. The van der Waals surface area contributed by atoms with Crippen LogP contribution < -0.4 is 5.32 Å². The number of nitrogens with one attached hydrogen (secondary N) is 1. The summed E-state index contributed by atoms with van der Waals surface area (Å²) in [4.78, 5) is 22.9. The molecule has 0 radical (unpaired) electrons. The Morgan fingerprint density at radius 2 is 1.75 bits per heavy atom. The second-order valence-electron chi connectivity index (χ2n) is 5.91. The van der Waals surface area contributed by atoms with Crippen LogP contribution in [0.3, 0.4) is 0 Å². The highest BCUT2D eigenvalue weighted by Crippen LogP contribution is 2.26. The lowest BCUT2D eigenvalue weighted by atomic mass is 9.81. The van der Waals surface area contributed by atoms with Crippen molar-refractivity contribution in [3.8, 4) is 0 Å². The van der Waals surface area contributed by atoms with Crippen LogP contribution in [0.25, 0.3) is 0 Å². The molecular formula is C16H23NO3. The SMILES string of the molecule is CC(NC(=O)CC(C)(C)c1ccccc1)C(C)C(=O)O. The van der Waals surface area contributed by atoms with E-state index in [0.717, 1.165) is 5.56 Å². The van der Waals surface area contributed by atoms with E-state index in [1.807, 2.05) is 44.2 Å². The molecule has 1 amide bonds. The van der Waals surface area contributed by atoms with Gasteiger partial charge in [-0.25, -0.2) is 0 Å². The molecule has 110 valence electrons. The van der Waals surface area contributed by atoms with Gasteiger partial charge in [-0.2, -0.15) is 0 Å². The third kappa shape index (κ3) is 4.37. The number of aliphatic carboxylic acids is 1. The first kappa shape index (κ1) is 16.2. The number of carbonyl (C=O) groups is 2. The largest absolute Gasteiger partial charge is 0.481 e. The molecule has 0 aromatic heterocycles. The summed E-state index contributed by atoms with van der Waals surface area (Å²) >= 11 is 0. The van der Waals surface area contributed by atoms with Crippen LogP contribution in [-0.4, -0.2) is 23.0 Å². The van der Waals surface area contributed by atoms with Crippen molar-refractivity contribution in [1.82, 2.24) is 5.32 Å². The van der Waals surface area contributed by atoms with Gasteiger partial charge in [-0.05, 0) is 24.8 Å². The van der Waals surface area contributed by atoms with E-state index in [2.05, 4.69) is 5.32 Å². The van der Waals surface area contributed by atoms with Gasteiger partial charge in [0.1, 0.15) is 0 Å². The maximum Gasteiger partial charge on any atom is 0.308 e. The number of carboxylic acid groups (broad SMARTS) is 1. The van der Waals surface area contributed by atoms with Gasteiger partial charge >= 0.3 is 5.97 Å². The highest BCUT2D eigenvalue weighted by atomic mass is 16.4. The normalized spacial score (nSPS) is 14.4. The molecule has 2 N–H and O–H groups in total. The van der Waals surface area contributed by atoms with E-state index in [9.17, 15) is 9.59 Å². The summed E-state index contributed by atoms with van der Waals surface area (Å²) in [5, 5.41) is 11.7. The third-order valence-corrected chi connectivity index (χ3v) is 3.69. The summed E-state index contributed by atoms with van der Waals surface area (Å²) in [7, 11) is 0. The summed E-state index contributed by atoms with van der Waals surface area (Å²) in [6.45, 7) is 7.32. The quantitative estimate of drug-likeness (QED) is 0.840. The Bertz CT molecular complexity index is 468. The van der Waals surface area contributed by atoms with Crippen molar-refractivity contribution in [2.75, 3.05) is 0 Å². The maximum atomic E-state index is 12.1. The van der Waals surface area contributed by atoms with Crippen LogP contribution in [0.1, 0.15) is 39.7 Å². The average molecular weight is 277 g/mol. The lowest BCUT2D eigenvalue weighted by Crippen LogP contribution is -2.42. The number of amides is 1. The van der Waals surface area contributed by atoms with Crippen LogP contribution in [-0.2, 0) is 15.0 Å². The molecule has 1 aromatic rings. The molecule has 1 aromatic carbocycles. The fourth-order valence-electron chi connectivity index (χ4n) is 2.04. The van der Waals surface area contributed by atoms with Crippen molar-refractivity contribution in [1.29, 1.82) is 0 Å². The minimum atomic E-state index is -0.903. The molecule has 4 nitrogen and oxygen atoms in total. The predicted molar refractivity (Wildman–Crippen MR) is 78.5 cm³/mol. The zero-order chi connectivity index (χ0) is 15.3. The summed E-state index contributed by atoms with van der Waals surface area (Å²) in [5.41, 5.74) is 0.812. The Kier molecular flexibility index (Phi) is 5.31. The topological polar surface area (TPSA) is 66.4 Å². The molecule has 2 atom stereocenters. The van der Waals surface area contributed by atoms with Crippen LogP contribution in [0.4, 0.5) is 0 Å². The van der Waals surface area contributed by atoms with Crippen LogP contribution in [0.15, 0.2) is 30.3 Å². The number of carbonyl (C=O) groups excluding carboxylic acids is 1. The Morgan fingerprint density at radius 1 is 1.20 bits per heavy atom. The summed E-state index contributed by atoms with van der Waals surface area (Å²) in [5.74, 6) is -1.63. The summed E-state index contributed by atoms with van der Waals surface area (Å²) in [6, 6.07) is 9.45. The van der Waals surface area contributed by atoms with E-state index >= 15 is 0 Å². The molecule has 0 spiro atoms. The average Bonchev–Trinajstić information content (AvgIpc) is 2.37. The van der Waals surface area contributed by atoms with Crippen molar-refractivity contribution in [3.05, 3.63) is 35.9 Å². The number of carboxylic acids is 1. The molecule has 0 aliphatic rings. The molecule has 0 fully saturated rings. The highest BCUT2D eigenvalue weighted by molar-refractivity contribution is 5.79. The van der Waals surface area contributed by atoms with Gasteiger partial charge in [0.05, 0.1) is 5.92 Å². The van der Waals surface area contributed by atoms with Gasteiger partial charge in [0.2, 0.25) is 5.91 Å². The second-order valence-corrected chi connectivity index (χ2v) is 5.91. The van der Waals surface area contributed by atoms with E-state index in [-0.39, 0.29) is 17.4 Å². The number of hydrogen-bond donors (Lipinski definition) is 2. The van der Waals surface area contributed by atoms with Crippen molar-refractivity contribution >= 4 is 11.9 Å². The lowest BCUT2D eigenvalue weighted by Gasteiger charge is -2.26. The standard InChI is InChI=1S/C16H23NO3/c1-11(15(19)20)12(2)17-14(18)10-16(3,4)13-8-6-5-7-9-13/h5-9,11-12H,10H2,1-4H3,(H,17,18)(H,19,20). The van der Waals surface area contributed by atoms with E-state index in [1.54, 1.807) is 13.8 Å². The number of hydrogen-bond acceptors (Lipinski definition) is 2. The van der Waals surface area contributed by atoms with Gasteiger partial charge in [-0.1, -0.05) is 44.2 Å². The van der Waals surface area contributed by atoms with Crippen molar-refractivity contribution in [3.63, 3.8) is 0 Å². The molecule has 0 saturated carbocycles. The van der Waals surface area contributed by atoms with E-state index in [0.29, 0.717) is 6.42 Å². The Balaban J connectivity index is 2.64. The van der Waals surface area contributed by atoms with E-state index in [4.69, 9.17) is 5.11 Å². The fraction of sp³-hybridized carbons (Fsp3) is 0.500. The smallest absolute Gasteiger partial charge is 0.308 e. The molecule has 4 heteroatoms. The first-order chi connectivity index (χ1) is 9.24. The lowest BCUT2D eigenvalue weighted by molar-refractivity contribution is -0.142. The molecule has 0 aliphatic carbocycles. The summed E-state index contributed by atoms with van der Waals surface area (Å²) in [6.07, 6.45) is 0.327. The maximum absolute atomic E-state index is 12.1. The zero-order valence-corrected chi connectivity index (χ0v) is 12.5. The van der Waals surface area contributed by atoms with Crippen LogP contribution in [0, 0.1) is 5.92 Å². The monoisotopic (exact) mass is 277 g/mol. The third-order valence-electron chi connectivity index (χ3n) is 3.69. The molecule has 20 heavy (non-hydrogen) atoms. The molecule has 2 unspecified atom stereocenters. The molecular weight excluding hydrogens is 254 g/mol. The van der Waals surface area contributed by atoms with Gasteiger partial charge in [-0.15, -0.1) is 0 Å². The van der Waals surface area contributed by atoms with Crippen molar-refractivity contribution < 1.29 is 14.7 Å². The predicted octanol–water partition coefficient (Wildman–Crippen LogP) is 2.58. The Labute approximate surface area is 120 Å². The van der Waals surface area contributed by atoms with Gasteiger partial charge in [0.25, 0.3) is 0 Å². The van der Waals surface area contributed by atoms with Crippen LogP contribution >= 0.6 is 0 Å². The molecule has 0 aliphatic heterocycles. The second kappa shape index (κ2) is 6.55. The first-order valence-corrected chi connectivity index (χ1v) is 6.82. The minimum Gasteiger partial charge on any atom is -0.481 e. The van der Waals surface area contributed by atoms with Crippen molar-refractivity contribution in [2.24, 2.45) is 5.92 Å². The van der Waals surface area contributed by atoms with E-state index < -0.39 is 11.9 Å². The van der Waals surface area contributed by atoms with Gasteiger partial charge in [0, 0.05) is 12.5 Å². The Morgan fingerprint density at radius 3 is 2.25 bits per heavy atom. The molecule has 0 saturated heterocycles. The highest BCUT2D eigenvalue weighted by Gasteiger charge is 2.26. The van der Waals surface area contributed by atoms with Gasteiger partial charge in [0.15, 0.2) is 0 Å². The molecule has 0 bridgehead atoms. The van der Waals surface area contributed by atoms with Gasteiger partial charge < -0.3 is 10.4 Å². The van der Waals surface area contributed by atoms with Crippen LogP contribution in [0.5, 0.6) is 0 Å².